The molecule has 0 aliphatic carbocycles. The van der Waals surface area contributed by atoms with Crippen LogP contribution >= 0.6 is 0 Å². The average molecular weight is 124 g/mol. The maximum Gasteiger partial charge on any atom is 0.158 e. The highest BCUT2D eigenvalue weighted by atomic mass is 19.2. The van der Waals surface area contributed by atoms with Crippen LogP contribution in [0.1, 0.15) is 0 Å². The number of halogens is 2. The fourth-order valence-electron chi connectivity index (χ4n) is 0.512. The maximum atomic E-state index is 12.1. The normalized spacial score (nSPS) is 9.56. The molecule has 0 amide bonds. The molecule has 3 heteroatoms. The van der Waals surface area contributed by atoms with Crippen LogP contribution in [0.15, 0.2) is 18.2 Å². The van der Waals surface area contributed by atoms with Gasteiger partial charge >= 0.3 is 0 Å². The van der Waals surface area contributed by atoms with Crippen molar-refractivity contribution >= 4 is 13.3 Å². The Morgan fingerprint density at radius 2 is 1.78 bits per heavy atom. The predicted octanol–water partition coefficient (Wildman–Crippen LogP) is 0.759. The van der Waals surface area contributed by atoms with Crippen molar-refractivity contribution < 1.29 is 8.78 Å². The molecule has 0 fully saturated rings. The van der Waals surface area contributed by atoms with E-state index in [1.54, 1.807) is 0 Å². The van der Waals surface area contributed by atoms with Crippen LogP contribution in [0, 0.1) is 11.6 Å². The third-order valence-corrected chi connectivity index (χ3v) is 0.944. The van der Waals surface area contributed by atoms with Gasteiger partial charge in [0.15, 0.2) is 11.6 Å². The molecule has 0 saturated heterocycles. The molecule has 0 atom stereocenters. The Morgan fingerprint density at radius 1 is 1.11 bits per heavy atom. The molecule has 0 nitrogen and oxygen atoms in total. The van der Waals surface area contributed by atoms with Crippen molar-refractivity contribution in [2.24, 2.45) is 0 Å². The smallest absolute Gasteiger partial charge is 0.158 e. The fraction of sp³-hybridized carbons (Fsp3) is 0. The molecule has 44 valence electrons. The van der Waals surface area contributed by atoms with E-state index in [2.05, 4.69) is 0 Å². The lowest BCUT2D eigenvalue weighted by Crippen LogP contribution is -2.02. The third-order valence-electron chi connectivity index (χ3n) is 0.944. The van der Waals surface area contributed by atoms with Gasteiger partial charge in [-0.05, 0) is 12.1 Å². The molecule has 9 heavy (non-hydrogen) atoms. The molecule has 0 aliphatic heterocycles. The summed E-state index contributed by atoms with van der Waals surface area (Å²) in [5, 5.41) is 0. The van der Waals surface area contributed by atoms with Crippen LogP contribution < -0.4 is 5.46 Å². The van der Waals surface area contributed by atoms with E-state index in [9.17, 15) is 8.78 Å². The molecule has 2 radical (unpaired) electrons. The zero-order chi connectivity index (χ0) is 6.85. The first kappa shape index (κ1) is 6.27. The predicted molar refractivity (Wildman–Crippen MR) is 31.7 cm³/mol. The molecule has 0 bridgehead atoms. The van der Waals surface area contributed by atoms with Crippen LogP contribution in [-0.2, 0) is 0 Å². The summed E-state index contributed by atoms with van der Waals surface area (Å²) in [5.41, 5.74) is 0.230. The number of rotatable bonds is 0. The van der Waals surface area contributed by atoms with Gasteiger partial charge in [-0.25, -0.2) is 8.78 Å². The Balaban J connectivity index is 3.17. The summed E-state index contributed by atoms with van der Waals surface area (Å²) in [6.07, 6.45) is 0. The number of hydrogen-bond donors (Lipinski definition) is 0. The van der Waals surface area contributed by atoms with Gasteiger partial charge in [0.05, 0.1) is 0 Å². The summed E-state index contributed by atoms with van der Waals surface area (Å²) in [6, 6.07) is 3.23. The van der Waals surface area contributed by atoms with E-state index in [-0.39, 0.29) is 5.46 Å². The molecule has 0 heterocycles. The minimum atomic E-state index is -0.907. The van der Waals surface area contributed by atoms with Gasteiger partial charge in [-0.1, -0.05) is 11.5 Å². The molecule has 0 saturated carbocycles. The summed E-state index contributed by atoms with van der Waals surface area (Å²) < 4.78 is 24.2. The summed E-state index contributed by atoms with van der Waals surface area (Å²) in [5.74, 6) is -1.78. The molecule has 0 unspecified atom stereocenters. The minimum absolute atomic E-state index is 0.230. The summed E-state index contributed by atoms with van der Waals surface area (Å²) in [6.45, 7) is 0. The Hall–Kier alpha value is -0.855. The van der Waals surface area contributed by atoms with E-state index >= 15 is 0 Å². The van der Waals surface area contributed by atoms with Gasteiger partial charge in [0.25, 0.3) is 0 Å². The Bertz CT molecular complexity index is 222. The second kappa shape index (κ2) is 2.17. The molecule has 0 aliphatic rings. The lowest BCUT2D eigenvalue weighted by molar-refractivity contribution is 0.509. The van der Waals surface area contributed by atoms with E-state index in [0.29, 0.717) is 0 Å². The van der Waals surface area contributed by atoms with Gasteiger partial charge in [0, 0.05) is 0 Å². The van der Waals surface area contributed by atoms with E-state index < -0.39 is 11.6 Å². The summed E-state index contributed by atoms with van der Waals surface area (Å²) in [4.78, 5) is 0. The van der Waals surface area contributed by atoms with Gasteiger partial charge in [-0.3, -0.25) is 0 Å². The second-order valence-corrected chi connectivity index (χ2v) is 1.67. The van der Waals surface area contributed by atoms with E-state index in [0.717, 1.165) is 12.1 Å². The minimum Gasteiger partial charge on any atom is -0.204 e. The maximum absolute atomic E-state index is 12.1. The van der Waals surface area contributed by atoms with Gasteiger partial charge in [-0.15, -0.1) is 0 Å². The lowest BCUT2D eigenvalue weighted by atomic mass is 9.96. The van der Waals surface area contributed by atoms with E-state index in [1.807, 2.05) is 0 Å². The van der Waals surface area contributed by atoms with Crippen molar-refractivity contribution in [3.63, 3.8) is 0 Å². The SMILES string of the molecule is [B]c1ccc(F)c(F)c1. The quantitative estimate of drug-likeness (QED) is 0.447. The summed E-state index contributed by atoms with van der Waals surface area (Å²) >= 11 is 0. The monoisotopic (exact) mass is 124 g/mol. The van der Waals surface area contributed by atoms with Crippen molar-refractivity contribution in [3.8, 4) is 0 Å². The average Bonchev–Trinajstić information content (AvgIpc) is 1.80. The second-order valence-electron chi connectivity index (χ2n) is 1.67. The molecule has 1 rings (SSSR count). The van der Waals surface area contributed by atoms with Crippen molar-refractivity contribution in [2.75, 3.05) is 0 Å². The van der Waals surface area contributed by atoms with Crippen LogP contribution in [0.4, 0.5) is 8.78 Å². The van der Waals surface area contributed by atoms with Gasteiger partial charge in [-0.2, -0.15) is 0 Å². The highest BCUT2D eigenvalue weighted by Crippen LogP contribution is 1.99. The summed E-state index contributed by atoms with van der Waals surface area (Å²) in [7, 11) is 5.12. The van der Waals surface area contributed by atoms with Gasteiger partial charge in [0.2, 0.25) is 0 Å². The molecule has 0 N–H and O–H groups in total. The van der Waals surface area contributed by atoms with Crippen molar-refractivity contribution in [1.82, 2.24) is 0 Å². The first-order valence-corrected chi connectivity index (χ1v) is 2.40. The van der Waals surface area contributed by atoms with Gasteiger partial charge in [0.1, 0.15) is 7.85 Å². The highest BCUT2D eigenvalue weighted by Gasteiger charge is 1.97. The Labute approximate surface area is 52.9 Å². The van der Waals surface area contributed by atoms with Crippen LogP contribution in [-0.4, -0.2) is 7.85 Å². The largest absolute Gasteiger partial charge is 0.204 e. The molecular formula is C6H3BF2. The van der Waals surface area contributed by atoms with E-state index in [1.165, 1.54) is 6.07 Å². The van der Waals surface area contributed by atoms with Crippen LogP contribution in [0.2, 0.25) is 0 Å². The molecule has 1 aromatic rings. The van der Waals surface area contributed by atoms with Crippen molar-refractivity contribution in [3.05, 3.63) is 29.8 Å². The van der Waals surface area contributed by atoms with Crippen LogP contribution in [0.5, 0.6) is 0 Å². The standard InChI is InChI=1S/C6H3BF2/c7-4-1-2-5(8)6(9)3-4/h1-3H. The third kappa shape index (κ3) is 1.28. The molecule has 0 aromatic heterocycles. The lowest BCUT2D eigenvalue weighted by Gasteiger charge is -1.92. The van der Waals surface area contributed by atoms with Crippen molar-refractivity contribution in [1.29, 1.82) is 0 Å². The van der Waals surface area contributed by atoms with Crippen molar-refractivity contribution in [2.45, 2.75) is 0 Å². The zero-order valence-electron chi connectivity index (χ0n) is 4.57. The molecule has 0 spiro atoms. The van der Waals surface area contributed by atoms with E-state index in [4.69, 9.17) is 7.85 Å². The zero-order valence-corrected chi connectivity index (χ0v) is 4.57. The Kier molecular flexibility index (Phi) is 1.51. The number of hydrogen-bond acceptors (Lipinski definition) is 0. The first-order chi connectivity index (χ1) is 4.20. The van der Waals surface area contributed by atoms with Crippen LogP contribution in [0.3, 0.4) is 0 Å². The number of benzene rings is 1. The molecular weight excluding hydrogens is 121 g/mol. The fourth-order valence-corrected chi connectivity index (χ4v) is 0.512. The topological polar surface area (TPSA) is 0 Å². The molecule has 1 aromatic carbocycles. The first-order valence-electron chi connectivity index (χ1n) is 2.40. The highest BCUT2D eigenvalue weighted by molar-refractivity contribution is 6.32. The van der Waals surface area contributed by atoms with Gasteiger partial charge < -0.3 is 0 Å². The Morgan fingerprint density at radius 3 is 2.22 bits per heavy atom. The van der Waals surface area contributed by atoms with Crippen LogP contribution in [0.25, 0.3) is 0 Å².